The predicted molar refractivity (Wildman–Crippen MR) is 73.5 cm³/mol. The van der Waals surface area contributed by atoms with Crippen LogP contribution < -0.4 is 9.47 Å². The third-order valence-corrected chi connectivity index (χ3v) is 5.96. The summed E-state index contributed by atoms with van der Waals surface area (Å²) in [4.78, 5) is 0.281. The summed E-state index contributed by atoms with van der Waals surface area (Å²) in [7, 11) is -3.41. The maximum Gasteiger partial charge on any atom is 0.243 e. The molecular weight excluding hydrogens is 286 g/mol. The van der Waals surface area contributed by atoms with Gasteiger partial charge in [-0.05, 0) is 12.1 Å². The van der Waals surface area contributed by atoms with Gasteiger partial charge in [-0.2, -0.15) is 16.1 Å². The molecule has 0 aromatic heterocycles. The molecule has 104 valence electrons. The van der Waals surface area contributed by atoms with E-state index < -0.39 is 10.0 Å². The lowest BCUT2D eigenvalue weighted by Crippen LogP contribution is -2.37. The zero-order chi connectivity index (χ0) is 13.3. The van der Waals surface area contributed by atoms with Crippen LogP contribution in [0.25, 0.3) is 0 Å². The number of fused-ring (bicyclic) bond motifs is 1. The maximum absolute atomic E-state index is 12.5. The summed E-state index contributed by atoms with van der Waals surface area (Å²) in [5, 5.41) is 0. The van der Waals surface area contributed by atoms with Gasteiger partial charge in [-0.3, -0.25) is 0 Å². The molecule has 2 aliphatic rings. The number of nitrogens with zero attached hydrogens (tertiary/aromatic N) is 1. The van der Waals surface area contributed by atoms with E-state index >= 15 is 0 Å². The molecule has 0 spiro atoms. The monoisotopic (exact) mass is 301 g/mol. The van der Waals surface area contributed by atoms with Crippen LogP contribution in [0.1, 0.15) is 0 Å². The minimum atomic E-state index is -3.41. The summed E-state index contributed by atoms with van der Waals surface area (Å²) in [5.41, 5.74) is 0. The number of benzene rings is 1. The number of sulfonamides is 1. The fourth-order valence-corrected chi connectivity index (χ4v) is 4.71. The fourth-order valence-electron chi connectivity index (χ4n) is 2.12. The highest BCUT2D eigenvalue weighted by Crippen LogP contribution is 2.33. The third-order valence-electron chi connectivity index (χ3n) is 3.12. The van der Waals surface area contributed by atoms with E-state index in [1.165, 1.54) is 4.31 Å². The van der Waals surface area contributed by atoms with Gasteiger partial charge in [0.1, 0.15) is 13.2 Å². The van der Waals surface area contributed by atoms with Crippen molar-refractivity contribution in [2.24, 2.45) is 0 Å². The Bertz CT molecular complexity index is 567. The van der Waals surface area contributed by atoms with Gasteiger partial charge in [0.2, 0.25) is 10.0 Å². The summed E-state index contributed by atoms with van der Waals surface area (Å²) in [6.45, 7) is 2.10. The van der Waals surface area contributed by atoms with E-state index in [0.717, 1.165) is 11.5 Å². The molecule has 0 amide bonds. The average Bonchev–Trinajstić information content (AvgIpc) is 2.47. The molecule has 0 N–H and O–H groups in total. The quantitative estimate of drug-likeness (QED) is 0.821. The Morgan fingerprint density at radius 2 is 1.74 bits per heavy atom. The first kappa shape index (κ1) is 13.1. The third kappa shape index (κ3) is 2.54. The van der Waals surface area contributed by atoms with Crippen molar-refractivity contribution >= 4 is 21.8 Å². The molecule has 5 nitrogen and oxygen atoms in total. The molecule has 0 radical (unpaired) electrons. The highest BCUT2D eigenvalue weighted by molar-refractivity contribution is 7.99. The average molecular weight is 301 g/mol. The molecule has 0 bridgehead atoms. The van der Waals surface area contributed by atoms with Crippen LogP contribution in [0.3, 0.4) is 0 Å². The van der Waals surface area contributed by atoms with Gasteiger partial charge in [0.25, 0.3) is 0 Å². The van der Waals surface area contributed by atoms with Crippen molar-refractivity contribution in [1.82, 2.24) is 4.31 Å². The van der Waals surface area contributed by atoms with Crippen LogP contribution in [0.5, 0.6) is 11.5 Å². The second kappa shape index (κ2) is 5.22. The SMILES string of the molecule is O=S(=O)(c1ccc2c(c1)OCCO2)N1CCSCC1. The molecule has 19 heavy (non-hydrogen) atoms. The molecule has 1 aromatic rings. The standard InChI is InChI=1S/C12H15NO4S2/c14-19(15,13-3-7-18-8-4-13)10-1-2-11-12(9-10)17-6-5-16-11/h1-2,9H,3-8H2. The molecule has 0 aliphatic carbocycles. The predicted octanol–water partition coefficient (Wildman–Crippen LogP) is 1.20. The molecule has 1 aromatic carbocycles. The largest absolute Gasteiger partial charge is 0.486 e. The first-order chi connectivity index (χ1) is 9.18. The zero-order valence-corrected chi connectivity index (χ0v) is 12.0. The van der Waals surface area contributed by atoms with Gasteiger partial charge < -0.3 is 9.47 Å². The van der Waals surface area contributed by atoms with Crippen molar-refractivity contribution < 1.29 is 17.9 Å². The van der Waals surface area contributed by atoms with E-state index in [9.17, 15) is 8.42 Å². The molecule has 0 unspecified atom stereocenters. The summed E-state index contributed by atoms with van der Waals surface area (Å²) >= 11 is 1.78. The van der Waals surface area contributed by atoms with E-state index in [0.29, 0.717) is 37.8 Å². The number of thioether (sulfide) groups is 1. The first-order valence-electron chi connectivity index (χ1n) is 6.15. The molecule has 0 saturated carbocycles. The Kier molecular flexibility index (Phi) is 3.60. The highest BCUT2D eigenvalue weighted by atomic mass is 32.2. The summed E-state index contributed by atoms with van der Waals surface area (Å²) in [6, 6.07) is 4.82. The van der Waals surface area contributed by atoms with E-state index in [1.807, 2.05) is 0 Å². The zero-order valence-electron chi connectivity index (χ0n) is 10.4. The molecule has 7 heteroatoms. The Hall–Kier alpha value is -0.920. The van der Waals surface area contributed by atoms with Crippen molar-refractivity contribution in [2.45, 2.75) is 4.90 Å². The number of hydrogen-bond donors (Lipinski definition) is 0. The Balaban J connectivity index is 1.92. The molecule has 3 rings (SSSR count). The van der Waals surface area contributed by atoms with E-state index in [2.05, 4.69) is 0 Å². The molecular formula is C12H15NO4S2. The highest BCUT2D eigenvalue weighted by Gasteiger charge is 2.27. The Morgan fingerprint density at radius 1 is 1.05 bits per heavy atom. The smallest absolute Gasteiger partial charge is 0.243 e. The number of rotatable bonds is 2. The molecule has 1 saturated heterocycles. The summed E-state index contributed by atoms with van der Waals surface area (Å²) < 4.78 is 37.4. The minimum absolute atomic E-state index is 0.281. The van der Waals surface area contributed by atoms with Crippen LogP contribution in [0, 0.1) is 0 Å². The second-order valence-electron chi connectivity index (χ2n) is 4.32. The van der Waals surface area contributed by atoms with E-state index in [-0.39, 0.29) is 4.90 Å². The summed E-state index contributed by atoms with van der Waals surface area (Å²) in [6.07, 6.45) is 0. The van der Waals surface area contributed by atoms with Crippen molar-refractivity contribution in [3.8, 4) is 11.5 Å². The van der Waals surface area contributed by atoms with Crippen molar-refractivity contribution in [1.29, 1.82) is 0 Å². The van der Waals surface area contributed by atoms with Crippen LogP contribution in [-0.2, 0) is 10.0 Å². The normalized spacial score (nSPS) is 20.2. The lowest BCUT2D eigenvalue weighted by molar-refractivity contribution is 0.171. The topological polar surface area (TPSA) is 55.8 Å². The van der Waals surface area contributed by atoms with Gasteiger partial charge >= 0.3 is 0 Å². The minimum Gasteiger partial charge on any atom is -0.486 e. The van der Waals surface area contributed by atoms with Crippen LogP contribution in [0.2, 0.25) is 0 Å². The van der Waals surface area contributed by atoms with Crippen LogP contribution in [0.15, 0.2) is 23.1 Å². The van der Waals surface area contributed by atoms with Gasteiger partial charge in [-0.25, -0.2) is 8.42 Å². The molecule has 0 atom stereocenters. The van der Waals surface area contributed by atoms with Gasteiger partial charge in [-0.1, -0.05) is 0 Å². The lowest BCUT2D eigenvalue weighted by Gasteiger charge is -2.26. The van der Waals surface area contributed by atoms with Crippen molar-refractivity contribution in [2.75, 3.05) is 37.8 Å². The number of ether oxygens (including phenoxy) is 2. The summed E-state index contributed by atoms with van der Waals surface area (Å²) in [5.74, 6) is 2.83. The maximum atomic E-state index is 12.5. The second-order valence-corrected chi connectivity index (χ2v) is 7.48. The van der Waals surface area contributed by atoms with E-state index in [4.69, 9.17) is 9.47 Å². The van der Waals surface area contributed by atoms with Crippen molar-refractivity contribution in [3.05, 3.63) is 18.2 Å². The molecule has 1 fully saturated rings. The van der Waals surface area contributed by atoms with Gasteiger partial charge in [0.15, 0.2) is 11.5 Å². The van der Waals surface area contributed by atoms with Gasteiger partial charge in [0.05, 0.1) is 4.90 Å². The molecule has 2 heterocycles. The van der Waals surface area contributed by atoms with Crippen LogP contribution in [0.4, 0.5) is 0 Å². The van der Waals surface area contributed by atoms with Crippen LogP contribution in [-0.4, -0.2) is 50.5 Å². The van der Waals surface area contributed by atoms with Gasteiger partial charge in [0, 0.05) is 30.7 Å². The van der Waals surface area contributed by atoms with Crippen LogP contribution >= 0.6 is 11.8 Å². The lowest BCUT2D eigenvalue weighted by atomic mass is 10.3. The first-order valence-corrected chi connectivity index (χ1v) is 8.75. The fraction of sp³-hybridized carbons (Fsp3) is 0.500. The molecule has 2 aliphatic heterocycles. The number of hydrogen-bond acceptors (Lipinski definition) is 5. The van der Waals surface area contributed by atoms with Gasteiger partial charge in [-0.15, -0.1) is 0 Å². The Labute approximate surface area is 116 Å². The Morgan fingerprint density at radius 3 is 2.47 bits per heavy atom. The van der Waals surface area contributed by atoms with E-state index in [1.54, 1.807) is 30.0 Å². The van der Waals surface area contributed by atoms with Crippen molar-refractivity contribution in [3.63, 3.8) is 0 Å².